The molecule has 2 heterocycles. The number of rotatable bonds is 11. The molecule has 1 N–H and O–H groups in total. The molecular weight excluding hydrogens is 568 g/mol. The molecule has 3 aromatic carbocycles. The third-order valence-electron chi connectivity index (χ3n) is 7.15. The van der Waals surface area contributed by atoms with Crippen LogP contribution in [0.2, 0.25) is 0 Å². The lowest BCUT2D eigenvalue weighted by molar-refractivity contribution is -0.138. The topological polar surface area (TPSA) is 118 Å². The summed E-state index contributed by atoms with van der Waals surface area (Å²) in [5.74, 6) is -1.44. The highest BCUT2D eigenvalue weighted by molar-refractivity contribution is 7.09. The summed E-state index contributed by atoms with van der Waals surface area (Å²) in [6.07, 6.45) is 0.274. The molecule has 0 radical (unpaired) electrons. The molecular formula is C32H30N4O6S. The molecule has 4 aromatic rings. The van der Waals surface area contributed by atoms with Crippen LogP contribution in [0.1, 0.15) is 28.7 Å². The number of Topliss-reactive ketones (excluding diaryl/α,β-unsaturated/α-hetero) is 1. The summed E-state index contributed by atoms with van der Waals surface area (Å²) in [5, 5.41) is 5.39. The monoisotopic (exact) mass is 598 g/mol. The Balaban J connectivity index is 1.45. The number of fused-ring (bicyclic) bond motifs is 1. The van der Waals surface area contributed by atoms with Crippen molar-refractivity contribution < 1.29 is 28.7 Å². The molecule has 11 heteroatoms. The van der Waals surface area contributed by atoms with Gasteiger partial charge in [0.05, 0.1) is 43.4 Å². The van der Waals surface area contributed by atoms with Crippen molar-refractivity contribution in [2.24, 2.45) is 0 Å². The average Bonchev–Trinajstić information content (AvgIpc) is 3.60. The summed E-state index contributed by atoms with van der Waals surface area (Å²) < 4.78 is 10.7. The minimum atomic E-state index is -0.924. The lowest BCUT2D eigenvalue weighted by Crippen LogP contribution is -2.50. The molecule has 1 atom stereocenters. The molecule has 0 aliphatic carbocycles. The van der Waals surface area contributed by atoms with Crippen LogP contribution in [-0.4, -0.2) is 60.2 Å². The molecule has 5 rings (SSSR count). The Morgan fingerprint density at radius 3 is 2.47 bits per heavy atom. The first-order valence-electron chi connectivity index (χ1n) is 13.6. The number of nitrogens with zero attached hydrogens (tertiary/aromatic N) is 3. The number of carbonyl (C=O) groups excluding carboxylic acids is 4. The number of para-hydroxylation sites is 1. The Morgan fingerprint density at radius 2 is 1.74 bits per heavy atom. The number of carbonyl (C=O) groups is 4. The van der Waals surface area contributed by atoms with Crippen LogP contribution < -0.4 is 19.7 Å². The molecule has 0 spiro atoms. The minimum Gasteiger partial charge on any atom is -0.497 e. The van der Waals surface area contributed by atoms with Crippen LogP contribution in [0.3, 0.4) is 0 Å². The SMILES string of the molecule is CCC(C(=O)Nc1ccc(OC)cc1OC)N(Cc1nc(-c2ccccc2)cs1)C(=O)CN1C(=O)C(=O)c2ccccc21. The van der Waals surface area contributed by atoms with Crippen molar-refractivity contribution >= 4 is 46.2 Å². The molecule has 0 saturated carbocycles. The molecule has 0 fully saturated rings. The Morgan fingerprint density at radius 1 is 1.00 bits per heavy atom. The second kappa shape index (κ2) is 12.9. The van der Waals surface area contributed by atoms with E-state index in [0.717, 1.165) is 11.3 Å². The lowest BCUT2D eigenvalue weighted by Gasteiger charge is -2.31. The zero-order valence-corrected chi connectivity index (χ0v) is 24.7. The van der Waals surface area contributed by atoms with Crippen molar-refractivity contribution in [2.75, 3.05) is 31.0 Å². The van der Waals surface area contributed by atoms with Gasteiger partial charge in [0.25, 0.3) is 11.7 Å². The molecule has 3 amide bonds. The lowest BCUT2D eigenvalue weighted by atomic mass is 10.1. The number of ether oxygens (including phenoxy) is 2. The fourth-order valence-corrected chi connectivity index (χ4v) is 5.74. The average molecular weight is 599 g/mol. The third kappa shape index (κ3) is 6.12. The number of hydrogen-bond donors (Lipinski definition) is 1. The summed E-state index contributed by atoms with van der Waals surface area (Å²) >= 11 is 1.37. The smallest absolute Gasteiger partial charge is 0.299 e. The number of nitrogens with one attached hydrogen (secondary N) is 1. The van der Waals surface area contributed by atoms with Crippen LogP contribution in [0.5, 0.6) is 11.5 Å². The zero-order chi connectivity index (χ0) is 30.5. The summed E-state index contributed by atoms with van der Waals surface area (Å²) in [6.45, 7) is 1.42. The number of methoxy groups -OCH3 is 2. The maximum Gasteiger partial charge on any atom is 0.299 e. The number of thiazole rings is 1. The second-order valence-corrected chi connectivity index (χ2v) is 10.7. The Labute approximate surface area is 252 Å². The molecule has 1 aliphatic heterocycles. The summed E-state index contributed by atoms with van der Waals surface area (Å²) in [6, 6.07) is 20.3. The molecule has 1 unspecified atom stereocenters. The normalized spacial score (nSPS) is 13.0. The van der Waals surface area contributed by atoms with Crippen LogP contribution in [-0.2, 0) is 20.9 Å². The zero-order valence-electron chi connectivity index (χ0n) is 23.9. The quantitative estimate of drug-likeness (QED) is 0.246. The van der Waals surface area contributed by atoms with Gasteiger partial charge in [-0.3, -0.25) is 24.1 Å². The predicted molar refractivity (Wildman–Crippen MR) is 163 cm³/mol. The first-order valence-corrected chi connectivity index (χ1v) is 14.5. The third-order valence-corrected chi connectivity index (χ3v) is 7.99. The maximum atomic E-state index is 14.0. The van der Waals surface area contributed by atoms with E-state index in [-0.39, 0.29) is 18.5 Å². The van der Waals surface area contributed by atoms with Crippen molar-refractivity contribution in [2.45, 2.75) is 25.9 Å². The van der Waals surface area contributed by atoms with E-state index in [2.05, 4.69) is 5.32 Å². The van der Waals surface area contributed by atoms with Gasteiger partial charge < -0.3 is 19.7 Å². The van der Waals surface area contributed by atoms with Gasteiger partial charge in [0.15, 0.2) is 0 Å². The minimum absolute atomic E-state index is 0.0274. The van der Waals surface area contributed by atoms with Crippen LogP contribution in [0.4, 0.5) is 11.4 Å². The van der Waals surface area contributed by atoms with E-state index in [9.17, 15) is 19.2 Å². The van der Waals surface area contributed by atoms with Crippen molar-refractivity contribution in [3.8, 4) is 22.8 Å². The fraction of sp³-hybridized carbons (Fsp3) is 0.219. The number of benzene rings is 3. The van der Waals surface area contributed by atoms with E-state index < -0.39 is 36.1 Å². The molecule has 0 bridgehead atoms. The Kier molecular flexibility index (Phi) is 8.82. The maximum absolute atomic E-state index is 14.0. The van der Waals surface area contributed by atoms with Gasteiger partial charge in [0.1, 0.15) is 29.1 Å². The number of hydrogen-bond acceptors (Lipinski definition) is 8. The Bertz CT molecular complexity index is 1670. The van der Waals surface area contributed by atoms with E-state index in [0.29, 0.717) is 27.9 Å². The van der Waals surface area contributed by atoms with E-state index in [1.165, 1.54) is 35.4 Å². The van der Waals surface area contributed by atoms with Gasteiger partial charge >= 0.3 is 0 Å². The highest BCUT2D eigenvalue weighted by atomic mass is 32.1. The number of aromatic nitrogens is 1. The number of anilines is 2. The number of amides is 3. The highest BCUT2D eigenvalue weighted by Crippen LogP contribution is 2.31. The van der Waals surface area contributed by atoms with Crippen LogP contribution in [0.25, 0.3) is 11.3 Å². The van der Waals surface area contributed by atoms with Crippen molar-refractivity contribution in [1.29, 1.82) is 0 Å². The van der Waals surface area contributed by atoms with E-state index >= 15 is 0 Å². The molecule has 0 saturated heterocycles. The Hall–Kier alpha value is -5.03. The molecule has 1 aromatic heterocycles. The molecule has 1 aliphatic rings. The van der Waals surface area contributed by atoms with Gasteiger partial charge in [-0.15, -0.1) is 11.3 Å². The predicted octanol–water partition coefficient (Wildman–Crippen LogP) is 4.80. The van der Waals surface area contributed by atoms with Gasteiger partial charge in [0, 0.05) is 17.0 Å². The van der Waals surface area contributed by atoms with Gasteiger partial charge in [0.2, 0.25) is 11.8 Å². The largest absolute Gasteiger partial charge is 0.497 e. The molecule has 43 heavy (non-hydrogen) atoms. The van der Waals surface area contributed by atoms with E-state index in [4.69, 9.17) is 14.5 Å². The van der Waals surface area contributed by atoms with Crippen LogP contribution >= 0.6 is 11.3 Å². The van der Waals surface area contributed by atoms with Crippen LogP contribution in [0.15, 0.2) is 78.2 Å². The van der Waals surface area contributed by atoms with E-state index in [1.807, 2.05) is 35.7 Å². The summed E-state index contributed by atoms with van der Waals surface area (Å²) in [7, 11) is 3.01. The van der Waals surface area contributed by atoms with E-state index in [1.54, 1.807) is 49.4 Å². The molecule has 220 valence electrons. The van der Waals surface area contributed by atoms with Crippen LogP contribution in [0, 0.1) is 0 Å². The molecule has 10 nitrogen and oxygen atoms in total. The second-order valence-electron chi connectivity index (χ2n) is 9.73. The first-order chi connectivity index (χ1) is 20.8. The van der Waals surface area contributed by atoms with Gasteiger partial charge in [-0.25, -0.2) is 4.98 Å². The van der Waals surface area contributed by atoms with Gasteiger partial charge in [-0.2, -0.15) is 0 Å². The number of ketones is 1. The first kappa shape index (κ1) is 29.5. The standard InChI is InChI=1S/C32H30N4O6S/c1-4-25(31(39)34-23-15-14-21(41-2)16-27(23)42-3)35(17-28-33-24(19-43-28)20-10-6-5-7-11-20)29(37)18-36-26-13-9-8-12-22(26)30(38)32(36)40/h5-16,19,25H,4,17-18H2,1-3H3,(H,34,39). The summed E-state index contributed by atoms with van der Waals surface area (Å²) in [4.78, 5) is 60.5. The van der Waals surface area contributed by atoms with Gasteiger partial charge in [-0.05, 0) is 30.7 Å². The summed E-state index contributed by atoms with van der Waals surface area (Å²) in [5.41, 5.74) is 2.70. The van der Waals surface area contributed by atoms with Gasteiger partial charge in [-0.1, -0.05) is 49.4 Å². The van der Waals surface area contributed by atoms with Crippen molar-refractivity contribution in [1.82, 2.24) is 9.88 Å². The highest BCUT2D eigenvalue weighted by Gasteiger charge is 2.39. The fourth-order valence-electron chi connectivity index (χ4n) is 4.94. The van der Waals surface area contributed by atoms with Crippen molar-refractivity contribution in [3.63, 3.8) is 0 Å². The van der Waals surface area contributed by atoms with Crippen molar-refractivity contribution in [3.05, 3.63) is 88.7 Å².